The molecule has 11 heavy (non-hydrogen) atoms. The molecule has 0 amide bonds. The van der Waals surface area contributed by atoms with Crippen LogP contribution in [0.5, 0.6) is 5.75 Å². The third kappa shape index (κ3) is 2.81. The Morgan fingerprint density at radius 1 is 1.36 bits per heavy atom. The average Bonchev–Trinajstić information content (AvgIpc) is 2.06. The highest BCUT2D eigenvalue weighted by molar-refractivity contribution is 6.18. The molecule has 0 aliphatic heterocycles. The van der Waals surface area contributed by atoms with Gasteiger partial charge in [-0.3, -0.25) is 0 Å². The lowest BCUT2D eigenvalue weighted by Gasteiger charge is -2.10. The molecular formula is C9H11ClO. The van der Waals surface area contributed by atoms with Gasteiger partial charge in [0.25, 0.3) is 0 Å². The van der Waals surface area contributed by atoms with Crippen LogP contribution in [-0.2, 0) is 0 Å². The van der Waals surface area contributed by atoms with E-state index in [1.165, 1.54) is 0 Å². The zero-order valence-electron chi connectivity index (χ0n) is 6.46. The lowest BCUT2D eigenvalue weighted by molar-refractivity contribution is 0.245. The highest BCUT2D eigenvalue weighted by Crippen LogP contribution is 2.10. The smallest absolute Gasteiger partial charge is 0.119 e. The number of para-hydroxylation sites is 1. The molecule has 1 aromatic rings. The Morgan fingerprint density at radius 3 is 2.55 bits per heavy atom. The van der Waals surface area contributed by atoms with Crippen molar-refractivity contribution in [2.75, 3.05) is 5.88 Å². The summed E-state index contributed by atoms with van der Waals surface area (Å²) in [4.78, 5) is 0. The van der Waals surface area contributed by atoms with Crippen LogP contribution in [0.2, 0.25) is 0 Å². The Hall–Kier alpha value is -0.690. The second-order valence-electron chi connectivity index (χ2n) is 2.40. The van der Waals surface area contributed by atoms with Crippen molar-refractivity contribution >= 4 is 11.6 Å². The number of hydrogen-bond acceptors (Lipinski definition) is 1. The van der Waals surface area contributed by atoms with Gasteiger partial charge in [-0.15, -0.1) is 11.6 Å². The molecule has 1 rings (SSSR count). The molecule has 0 radical (unpaired) electrons. The third-order valence-electron chi connectivity index (χ3n) is 1.30. The van der Waals surface area contributed by atoms with E-state index in [0.29, 0.717) is 5.88 Å². The molecule has 0 spiro atoms. The van der Waals surface area contributed by atoms with Crippen LogP contribution in [0.4, 0.5) is 0 Å². The van der Waals surface area contributed by atoms with Crippen molar-refractivity contribution in [1.82, 2.24) is 0 Å². The quantitative estimate of drug-likeness (QED) is 0.634. The number of halogens is 1. The summed E-state index contributed by atoms with van der Waals surface area (Å²) in [5.74, 6) is 1.40. The van der Waals surface area contributed by atoms with E-state index in [0.717, 1.165) is 5.75 Å². The molecule has 0 bridgehead atoms. The molecule has 0 unspecified atom stereocenters. The van der Waals surface area contributed by atoms with E-state index >= 15 is 0 Å². The monoisotopic (exact) mass is 170 g/mol. The van der Waals surface area contributed by atoms with Crippen LogP contribution in [0, 0.1) is 0 Å². The minimum absolute atomic E-state index is 0.0825. The standard InChI is InChI=1S/C9H11ClO/c1-8(7-10)11-9-5-3-2-4-6-9/h2-6,8H,7H2,1H3/t8-/m0/s1. The predicted octanol–water partition coefficient (Wildman–Crippen LogP) is 2.69. The van der Waals surface area contributed by atoms with Gasteiger partial charge in [0.05, 0.1) is 5.88 Å². The summed E-state index contributed by atoms with van der Waals surface area (Å²) in [5.41, 5.74) is 0. The lowest BCUT2D eigenvalue weighted by atomic mass is 10.3. The summed E-state index contributed by atoms with van der Waals surface area (Å²) in [6.45, 7) is 1.94. The highest BCUT2D eigenvalue weighted by atomic mass is 35.5. The van der Waals surface area contributed by atoms with Gasteiger partial charge in [0, 0.05) is 0 Å². The van der Waals surface area contributed by atoms with Crippen LogP contribution in [0.15, 0.2) is 30.3 Å². The zero-order valence-corrected chi connectivity index (χ0v) is 7.21. The third-order valence-corrected chi connectivity index (χ3v) is 1.73. The van der Waals surface area contributed by atoms with Crippen molar-refractivity contribution in [3.05, 3.63) is 30.3 Å². The minimum atomic E-state index is 0.0825. The van der Waals surface area contributed by atoms with Crippen molar-refractivity contribution in [3.8, 4) is 5.75 Å². The van der Waals surface area contributed by atoms with Crippen molar-refractivity contribution in [3.63, 3.8) is 0 Å². The summed E-state index contributed by atoms with van der Waals surface area (Å²) in [5, 5.41) is 0. The molecule has 0 aliphatic rings. The van der Waals surface area contributed by atoms with E-state index in [2.05, 4.69) is 0 Å². The van der Waals surface area contributed by atoms with E-state index in [1.807, 2.05) is 37.3 Å². The Labute approximate surface area is 71.9 Å². The van der Waals surface area contributed by atoms with Crippen LogP contribution in [-0.4, -0.2) is 12.0 Å². The van der Waals surface area contributed by atoms with Gasteiger partial charge in [0.2, 0.25) is 0 Å². The van der Waals surface area contributed by atoms with Gasteiger partial charge >= 0.3 is 0 Å². The summed E-state index contributed by atoms with van der Waals surface area (Å²) in [7, 11) is 0. The molecule has 1 atom stereocenters. The number of alkyl halides is 1. The zero-order chi connectivity index (χ0) is 8.10. The largest absolute Gasteiger partial charge is 0.489 e. The van der Waals surface area contributed by atoms with Crippen LogP contribution in [0.25, 0.3) is 0 Å². The van der Waals surface area contributed by atoms with Crippen molar-refractivity contribution < 1.29 is 4.74 Å². The Kier molecular flexibility index (Phi) is 3.24. The minimum Gasteiger partial charge on any atom is -0.489 e. The van der Waals surface area contributed by atoms with Crippen LogP contribution >= 0.6 is 11.6 Å². The fourth-order valence-corrected chi connectivity index (χ4v) is 0.826. The molecule has 0 fully saturated rings. The highest BCUT2D eigenvalue weighted by Gasteiger charge is 1.99. The van der Waals surface area contributed by atoms with Crippen molar-refractivity contribution in [1.29, 1.82) is 0 Å². The molecule has 0 aliphatic carbocycles. The summed E-state index contributed by atoms with van der Waals surface area (Å²) in [6, 6.07) is 9.68. The normalized spacial score (nSPS) is 12.5. The number of benzene rings is 1. The van der Waals surface area contributed by atoms with E-state index in [9.17, 15) is 0 Å². The number of ether oxygens (including phenoxy) is 1. The van der Waals surface area contributed by atoms with Crippen LogP contribution in [0.1, 0.15) is 6.92 Å². The van der Waals surface area contributed by atoms with Gasteiger partial charge in [-0.25, -0.2) is 0 Å². The van der Waals surface area contributed by atoms with Crippen LogP contribution in [0.3, 0.4) is 0 Å². The first-order valence-electron chi connectivity index (χ1n) is 3.60. The van der Waals surface area contributed by atoms with E-state index < -0.39 is 0 Å². The molecule has 0 saturated carbocycles. The van der Waals surface area contributed by atoms with Gasteiger partial charge in [-0.2, -0.15) is 0 Å². The molecule has 0 N–H and O–H groups in total. The van der Waals surface area contributed by atoms with Gasteiger partial charge in [0.1, 0.15) is 11.9 Å². The molecule has 0 aromatic heterocycles. The molecule has 2 heteroatoms. The maximum atomic E-state index is 5.58. The second-order valence-corrected chi connectivity index (χ2v) is 2.70. The Bertz CT molecular complexity index is 198. The average molecular weight is 171 g/mol. The number of hydrogen-bond donors (Lipinski definition) is 0. The van der Waals surface area contributed by atoms with E-state index in [-0.39, 0.29) is 6.10 Å². The molecule has 60 valence electrons. The van der Waals surface area contributed by atoms with E-state index in [4.69, 9.17) is 16.3 Å². The maximum absolute atomic E-state index is 5.58. The van der Waals surface area contributed by atoms with E-state index in [1.54, 1.807) is 0 Å². The predicted molar refractivity (Wildman–Crippen MR) is 47.3 cm³/mol. The van der Waals surface area contributed by atoms with Gasteiger partial charge < -0.3 is 4.74 Å². The summed E-state index contributed by atoms with van der Waals surface area (Å²) in [6.07, 6.45) is 0.0825. The fourth-order valence-electron chi connectivity index (χ4n) is 0.763. The molecule has 0 saturated heterocycles. The first kappa shape index (κ1) is 8.41. The van der Waals surface area contributed by atoms with Crippen molar-refractivity contribution in [2.45, 2.75) is 13.0 Å². The summed E-state index contributed by atoms with van der Waals surface area (Å²) < 4.78 is 5.43. The summed E-state index contributed by atoms with van der Waals surface area (Å²) >= 11 is 5.58. The van der Waals surface area contributed by atoms with Gasteiger partial charge in [-0.05, 0) is 19.1 Å². The molecule has 0 heterocycles. The fraction of sp³-hybridized carbons (Fsp3) is 0.333. The Balaban J connectivity index is 2.51. The Morgan fingerprint density at radius 2 is 2.00 bits per heavy atom. The molecule has 1 aromatic carbocycles. The molecule has 1 nitrogen and oxygen atoms in total. The first-order valence-corrected chi connectivity index (χ1v) is 4.14. The van der Waals surface area contributed by atoms with Gasteiger partial charge in [0.15, 0.2) is 0 Å². The topological polar surface area (TPSA) is 9.23 Å². The maximum Gasteiger partial charge on any atom is 0.119 e. The van der Waals surface area contributed by atoms with Crippen LogP contribution < -0.4 is 4.74 Å². The number of rotatable bonds is 3. The first-order chi connectivity index (χ1) is 5.33. The van der Waals surface area contributed by atoms with Gasteiger partial charge in [-0.1, -0.05) is 18.2 Å². The van der Waals surface area contributed by atoms with Crippen molar-refractivity contribution in [2.24, 2.45) is 0 Å². The SMILES string of the molecule is C[C@@H](CCl)Oc1ccccc1. The lowest BCUT2D eigenvalue weighted by Crippen LogP contribution is -2.12. The second kappa shape index (κ2) is 4.24. The molecular weight excluding hydrogens is 160 g/mol.